The number of H-pyrrole nitrogens is 1. The van der Waals surface area contributed by atoms with Crippen LogP contribution in [0.25, 0.3) is 10.9 Å². The molecule has 0 radical (unpaired) electrons. The lowest BCUT2D eigenvalue weighted by atomic mass is 9.81. The van der Waals surface area contributed by atoms with Crippen molar-refractivity contribution >= 4 is 10.9 Å². The molecule has 1 aliphatic heterocycles. The first kappa shape index (κ1) is 10.8. The first-order chi connectivity index (χ1) is 8.07. The molecule has 1 aliphatic rings. The van der Waals surface area contributed by atoms with Crippen molar-refractivity contribution in [3.8, 4) is 0 Å². The van der Waals surface area contributed by atoms with Crippen molar-refractivity contribution in [1.82, 2.24) is 10.3 Å². The van der Waals surface area contributed by atoms with Gasteiger partial charge in [-0.1, -0.05) is 39.0 Å². The van der Waals surface area contributed by atoms with Crippen LogP contribution in [-0.4, -0.2) is 11.5 Å². The van der Waals surface area contributed by atoms with Crippen LogP contribution < -0.4 is 5.32 Å². The normalized spacial score (nSPS) is 20.5. The summed E-state index contributed by atoms with van der Waals surface area (Å²) in [5, 5.41) is 5.05. The Hall–Kier alpha value is -1.28. The van der Waals surface area contributed by atoms with Crippen LogP contribution in [-0.2, 0) is 6.42 Å². The molecule has 17 heavy (non-hydrogen) atoms. The summed E-state index contributed by atoms with van der Waals surface area (Å²) < 4.78 is 0. The number of para-hydroxylation sites is 1. The highest BCUT2D eigenvalue weighted by Crippen LogP contribution is 2.38. The van der Waals surface area contributed by atoms with Gasteiger partial charge in [-0.25, -0.2) is 0 Å². The van der Waals surface area contributed by atoms with E-state index in [1.54, 1.807) is 0 Å². The molecule has 0 aliphatic carbocycles. The van der Waals surface area contributed by atoms with Crippen LogP contribution in [0.3, 0.4) is 0 Å². The van der Waals surface area contributed by atoms with E-state index in [0.29, 0.717) is 6.04 Å². The summed E-state index contributed by atoms with van der Waals surface area (Å²) in [7, 11) is 0. The summed E-state index contributed by atoms with van der Waals surface area (Å²) in [6.45, 7) is 7.97. The number of aromatic amines is 1. The molecule has 0 bridgehead atoms. The molecule has 1 aromatic carbocycles. The number of aromatic nitrogens is 1. The predicted molar refractivity (Wildman–Crippen MR) is 72.2 cm³/mol. The molecule has 0 saturated carbocycles. The highest BCUT2D eigenvalue weighted by molar-refractivity contribution is 5.85. The van der Waals surface area contributed by atoms with Crippen molar-refractivity contribution in [3.05, 3.63) is 35.5 Å². The third kappa shape index (κ3) is 1.67. The summed E-state index contributed by atoms with van der Waals surface area (Å²) in [6, 6.07) is 9.07. The zero-order valence-corrected chi connectivity index (χ0v) is 10.8. The van der Waals surface area contributed by atoms with Crippen molar-refractivity contribution in [1.29, 1.82) is 0 Å². The molecule has 2 heterocycles. The molecule has 2 aromatic rings. The molecule has 2 heteroatoms. The highest BCUT2D eigenvalue weighted by Gasteiger charge is 2.32. The molecule has 0 fully saturated rings. The molecule has 3 rings (SSSR count). The van der Waals surface area contributed by atoms with E-state index in [9.17, 15) is 0 Å². The minimum absolute atomic E-state index is 0.246. The highest BCUT2D eigenvalue weighted by atomic mass is 15.0. The van der Waals surface area contributed by atoms with Gasteiger partial charge in [0.25, 0.3) is 0 Å². The van der Waals surface area contributed by atoms with E-state index < -0.39 is 0 Å². The third-order valence-corrected chi connectivity index (χ3v) is 3.72. The molecule has 1 unspecified atom stereocenters. The smallest absolute Gasteiger partial charge is 0.0525 e. The number of hydrogen-bond donors (Lipinski definition) is 2. The van der Waals surface area contributed by atoms with Crippen molar-refractivity contribution in [2.75, 3.05) is 6.54 Å². The number of fused-ring (bicyclic) bond motifs is 3. The average molecular weight is 228 g/mol. The van der Waals surface area contributed by atoms with E-state index in [1.165, 1.54) is 22.2 Å². The Labute approximate surface area is 102 Å². The van der Waals surface area contributed by atoms with Gasteiger partial charge in [0, 0.05) is 16.6 Å². The second-order valence-corrected chi connectivity index (χ2v) is 6.07. The van der Waals surface area contributed by atoms with Crippen LogP contribution in [0.15, 0.2) is 24.3 Å². The monoisotopic (exact) mass is 228 g/mol. The van der Waals surface area contributed by atoms with E-state index in [1.807, 2.05) is 0 Å². The fourth-order valence-electron chi connectivity index (χ4n) is 2.92. The number of nitrogens with one attached hydrogen (secondary N) is 2. The Bertz CT molecular complexity index is 546. The minimum atomic E-state index is 0.246. The van der Waals surface area contributed by atoms with Gasteiger partial charge < -0.3 is 10.3 Å². The van der Waals surface area contributed by atoms with Crippen LogP contribution in [0, 0.1) is 5.41 Å². The second kappa shape index (κ2) is 3.61. The molecule has 2 N–H and O–H groups in total. The van der Waals surface area contributed by atoms with Gasteiger partial charge >= 0.3 is 0 Å². The zero-order chi connectivity index (χ0) is 12.0. The SMILES string of the molecule is CC(C)(C)C1NCCc2c1[nH]c1ccccc21. The molecular formula is C15H20N2. The number of rotatable bonds is 0. The van der Waals surface area contributed by atoms with Crippen LogP contribution in [0.1, 0.15) is 38.1 Å². The van der Waals surface area contributed by atoms with Crippen molar-refractivity contribution < 1.29 is 0 Å². The average Bonchev–Trinajstić information content (AvgIpc) is 2.65. The Morgan fingerprint density at radius 2 is 1.94 bits per heavy atom. The molecule has 90 valence electrons. The Kier molecular flexibility index (Phi) is 2.30. The summed E-state index contributed by atoms with van der Waals surface area (Å²) in [5.74, 6) is 0. The molecule has 0 saturated heterocycles. The van der Waals surface area contributed by atoms with Gasteiger partial charge in [0.15, 0.2) is 0 Å². The molecule has 2 nitrogen and oxygen atoms in total. The van der Waals surface area contributed by atoms with E-state index >= 15 is 0 Å². The van der Waals surface area contributed by atoms with Crippen molar-refractivity contribution in [2.45, 2.75) is 33.2 Å². The fourth-order valence-corrected chi connectivity index (χ4v) is 2.92. The lowest BCUT2D eigenvalue weighted by molar-refractivity contribution is 0.259. The zero-order valence-electron chi connectivity index (χ0n) is 10.8. The van der Waals surface area contributed by atoms with E-state index in [4.69, 9.17) is 0 Å². The maximum atomic E-state index is 3.64. The Morgan fingerprint density at radius 3 is 2.71 bits per heavy atom. The third-order valence-electron chi connectivity index (χ3n) is 3.72. The minimum Gasteiger partial charge on any atom is -0.357 e. The van der Waals surface area contributed by atoms with Gasteiger partial charge in [0.2, 0.25) is 0 Å². The van der Waals surface area contributed by atoms with Crippen LogP contribution in [0.4, 0.5) is 0 Å². The lowest BCUT2D eigenvalue weighted by Gasteiger charge is -2.35. The molecule has 1 atom stereocenters. The van der Waals surface area contributed by atoms with Gasteiger partial charge in [-0.05, 0) is 30.0 Å². The number of benzene rings is 1. The first-order valence-electron chi connectivity index (χ1n) is 6.40. The van der Waals surface area contributed by atoms with E-state index in [-0.39, 0.29) is 5.41 Å². The largest absolute Gasteiger partial charge is 0.357 e. The lowest BCUT2D eigenvalue weighted by Crippen LogP contribution is -2.37. The summed E-state index contributed by atoms with van der Waals surface area (Å²) in [4.78, 5) is 3.61. The molecule has 0 amide bonds. The van der Waals surface area contributed by atoms with Gasteiger partial charge in [-0.15, -0.1) is 0 Å². The predicted octanol–water partition coefficient (Wildman–Crippen LogP) is 3.40. The first-order valence-corrected chi connectivity index (χ1v) is 6.40. The molecule has 1 aromatic heterocycles. The fraction of sp³-hybridized carbons (Fsp3) is 0.467. The topological polar surface area (TPSA) is 27.8 Å². The standard InChI is InChI=1S/C15H20N2/c1-15(2,3)14-13-11(8-9-16-14)10-6-4-5-7-12(10)17-13/h4-7,14,16-17H,8-9H2,1-3H3. The van der Waals surface area contributed by atoms with Crippen molar-refractivity contribution in [3.63, 3.8) is 0 Å². The Balaban J connectivity index is 2.21. The van der Waals surface area contributed by atoms with E-state index in [2.05, 4.69) is 55.3 Å². The van der Waals surface area contributed by atoms with Crippen LogP contribution in [0.5, 0.6) is 0 Å². The molecular weight excluding hydrogens is 208 g/mol. The summed E-state index contributed by atoms with van der Waals surface area (Å²) in [6.07, 6.45) is 1.13. The molecule has 0 spiro atoms. The summed E-state index contributed by atoms with van der Waals surface area (Å²) in [5.41, 5.74) is 4.43. The van der Waals surface area contributed by atoms with Crippen LogP contribution in [0.2, 0.25) is 0 Å². The number of hydrogen-bond acceptors (Lipinski definition) is 1. The van der Waals surface area contributed by atoms with Crippen molar-refractivity contribution in [2.24, 2.45) is 5.41 Å². The Morgan fingerprint density at radius 1 is 1.18 bits per heavy atom. The van der Waals surface area contributed by atoms with E-state index in [0.717, 1.165) is 13.0 Å². The van der Waals surface area contributed by atoms with Gasteiger partial charge in [0.1, 0.15) is 0 Å². The maximum Gasteiger partial charge on any atom is 0.0525 e. The summed E-state index contributed by atoms with van der Waals surface area (Å²) >= 11 is 0. The quantitative estimate of drug-likeness (QED) is 0.710. The second-order valence-electron chi connectivity index (χ2n) is 6.07. The van der Waals surface area contributed by atoms with Crippen LogP contribution >= 0.6 is 0 Å². The maximum absolute atomic E-state index is 3.64. The van der Waals surface area contributed by atoms with Gasteiger partial charge in [-0.3, -0.25) is 0 Å². The van der Waals surface area contributed by atoms with Gasteiger partial charge in [0.05, 0.1) is 6.04 Å². The van der Waals surface area contributed by atoms with Gasteiger partial charge in [-0.2, -0.15) is 0 Å².